The van der Waals surface area contributed by atoms with Crippen LogP contribution in [0.5, 0.6) is 0 Å². The lowest BCUT2D eigenvalue weighted by Crippen LogP contribution is -2.53. The van der Waals surface area contributed by atoms with Crippen LogP contribution in [-0.2, 0) is 14.3 Å². The molecule has 0 bridgehead atoms. The zero-order valence-electron chi connectivity index (χ0n) is 31.0. The third-order valence-electron chi connectivity index (χ3n) is 11.9. The van der Waals surface area contributed by atoms with Crippen LogP contribution >= 0.6 is 0 Å². The number of nitrogens with zero attached hydrogens (tertiary/aromatic N) is 4. The fourth-order valence-corrected chi connectivity index (χ4v) is 8.86. The number of carbonyl (C=O) groups is 3. The number of piperidine rings is 1. The molecule has 1 saturated carbocycles. The van der Waals surface area contributed by atoms with Gasteiger partial charge in [-0.05, 0) is 84.3 Å². The van der Waals surface area contributed by atoms with E-state index in [2.05, 4.69) is 58.7 Å². The van der Waals surface area contributed by atoms with E-state index in [1.54, 1.807) is 0 Å². The average molecular weight is 704 g/mol. The summed E-state index contributed by atoms with van der Waals surface area (Å²) in [6, 6.07) is 16.7. The molecule has 52 heavy (non-hydrogen) atoms. The van der Waals surface area contributed by atoms with Gasteiger partial charge in [-0.1, -0.05) is 75.2 Å². The molecule has 2 aromatic carbocycles. The van der Waals surface area contributed by atoms with E-state index >= 15 is 0 Å². The van der Waals surface area contributed by atoms with Gasteiger partial charge in [0.25, 0.3) is 0 Å². The Morgan fingerprint density at radius 1 is 0.712 bits per heavy atom. The molecular formula is C43H53N5O4. The zero-order chi connectivity index (χ0) is 36.2. The summed E-state index contributed by atoms with van der Waals surface area (Å²) in [7, 11) is 1.31. The number of benzene rings is 2. The van der Waals surface area contributed by atoms with E-state index in [0.29, 0.717) is 18.9 Å². The largest absolute Gasteiger partial charge is 0.453 e. The van der Waals surface area contributed by atoms with Crippen molar-refractivity contribution in [2.45, 2.75) is 96.6 Å². The SMILES string of the molecule is COC(=O)N[C@H](C(=O)N1CCC[C@H]1C1=NC=C(c2ccc(-c3ccc(C4=CN=C(C5CCCC[C@H]5C(=O)N5CCCCC5)C4)cc3)cc2)C1)C(C)C. The van der Waals surface area contributed by atoms with Gasteiger partial charge in [0.15, 0.2) is 0 Å². The second kappa shape index (κ2) is 16.0. The highest BCUT2D eigenvalue weighted by Crippen LogP contribution is 2.38. The van der Waals surface area contributed by atoms with Gasteiger partial charge in [-0.2, -0.15) is 0 Å². The molecule has 4 atom stereocenters. The molecule has 9 heteroatoms. The predicted octanol–water partition coefficient (Wildman–Crippen LogP) is 7.92. The second-order valence-electron chi connectivity index (χ2n) is 15.5. The Hall–Kier alpha value is -4.53. The Morgan fingerprint density at radius 3 is 1.90 bits per heavy atom. The van der Waals surface area contributed by atoms with Crippen molar-refractivity contribution in [1.82, 2.24) is 15.1 Å². The minimum absolute atomic E-state index is 0.0649. The smallest absolute Gasteiger partial charge is 0.407 e. The zero-order valence-corrected chi connectivity index (χ0v) is 31.0. The van der Waals surface area contributed by atoms with Crippen LogP contribution < -0.4 is 5.32 Å². The van der Waals surface area contributed by atoms with Gasteiger partial charge in [0.2, 0.25) is 11.8 Å². The normalized spacial score (nSPS) is 23.9. The maximum Gasteiger partial charge on any atom is 0.407 e. The molecule has 2 aromatic rings. The van der Waals surface area contributed by atoms with Gasteiger partial charge < -0.3 is 19.9 Å². The van der Waals surface area contributed by atoms with E-state index < -0.39 is 12.1 Å². The first-order valence-corrected chi connectivity index (χ1v) is 19.5. The van der Waals surface area contributed by atoms with Crippen molar-refractivity contribution in [2.75, 3.05) is 26.7 Å². The van der Waals surface area contributed by atoms with Crippen molar-refractivity contribution in [3.63, 3.8) is 0 Å². The van der Waals surface area contributed by atoms with Crippen LogP contribution in [0.1, 0.15) is 95.6 Å². The minimum Gasteiger partial charge on any atom is -0.453 e. The summed E-state index contributed by atoms with van der Waals surface area (Å²) in [6.07, 6.45) is 14.6. The third-order valence-corrected chi connectivity index (χ3v) is 11.9. The van der Waals surface area contributed by atoms with Gasteiger partial charge >= 0.3 is 6.09 Å². The molecule has 2 saturated heterocycles. The maximum absolute atomic E-state index is 13.6. The molecule has 274 valence electrons. The van der Waals surface area contributed by atoms with Crippen LogP contribution in [0.3, 0.4) is 0 Å². The quantitative estimate of drug-likeness (QED) is 0.287. The molecule has 1 aliphatic carbocycles. The summed E-state index contributed by atoms with van der Waals surface area (Å²) in [5.74, 6) is 0.571. The van der Waals surface area contributed by atoms with Gasteiger partial charge in [-0.25, -0.2) is 4.79 Å². The second-order valence-corrected chi connectivity index (χ2v) is 15.5. The number of carbonyl (C=O) groups excluding carboxylic acids is 3. The Morgan fingerprint density at radius 2 is 1.29 bits per heavy atom. The molecule has 3 fully saturated rings. The molecule has 0 aromatic heterocycles. The van der Waals surface area contributed by atoms with Crippen molar-refractivity contribution < 1.29 is 19.1 Å². The number of amides is 3. The Balaban J connectivity index is 0.942. The third kappa shape index (κ3) is 7.64. The molecule has 1 unspecified atom stereocenters. The van der Waals surface area contributed by atoms with Crippen LogP contribution in [0.4, 0.5) is 4.79 Å². The van der Waals surface area contributed by atoms with E-state index in [4.69, 9.17) is 14.7 Å². The lowest BCUT2D eigenvalue weighted by atomic mass is 9.74. The number of nitrogens with one attached hydrogen (secondary N) is 1. The minimum atomic E-state index is -0.639. The Bertz CT molecular complexity index is 1770. The number of aliphatic imine (C=N–C) groups is 2. The lowest BCUT2D eigenvalue weighted by molar-refractivity contribution is -0.138. The average Bonchev–Trinajstić information content (AvgIpc) is 3.99. The van der Waals surface area contributed by atoms with E-state index in [9.17, 15) is 14.4 Å². The van der Waals surface area contributed by atoms with Crippen molar-refractivity contribution in [2.24, 2.45) is 27.7 Å². The number of ether oxygens (including phenoxy) is 1. The summed E-state index contributed by atoms with van der Waals surface area (Å²) in [4.78, 5) is 52.8. The standard InChI is InChI=1S/C43H53N5O4/c1-28(2)40(46-43(51)52-3)42(50)48-23-9-12-39(48)38-25-34(27-45-38)32-19-15-30(16-20-32)29-13-17-31(18-14-29)33-24-37(44-26-33)35-10-5-6-11-36(35)41(49)47-21-7-4-8-22-47/h13-20,26-28,35-36,39-40H,4-12,21-25H2,1-3H3,(H,46,51)/t35?,36-,39+,40+/m1/s1. The van der Waals surface area contributed by atoms with Gasteiger partial charge in [0, 0.05) is 68.1 Å². The van der Waals surface area contributed by atoms with Gasteiger partial charge in [0.05, 0.1) is 13.2 Å². The first kappa shape index (κ1) is 35.9. The number of likely N-dealkylation sites (tertiary alicyclic amines) is 2. The van der Waals surface area contributed by atoms with Crippen LogP contribution in [0, 0.1) is 17.8 Å². The molecule has 9 nitrogen and oxygen atoms in total. The molecule has 1 N–H and O–H groups in total. The van der Waals surface area contributed by atoms with Crippen molar-refractivity contribution in [3.05, 3.63) is 72.1 Å². The fraction of sp³-hybridized carbons (Fsp3) is 0.512. The molecular weight excluding hydrogens is 651 g/mol. The fourth-order valence-electron chi connectivity index (χ4n) is 8.86. The highest BCUT2D eigenvalue weighted by Gasteiger charge is 2.39. The lowest BCUT2D eigenvalue weighted by Gasteiger charge is -2.36. The number of allylic oxidation sites excluding steroid dienone is 2. The Labute approximate surface area is 308 Å². The number of rotatable bonds is 9. The van der Waals surface area contributed by atoms with Gasteiger partial charge in [-0.15, -0.1) is 0 Å². The molecule has 3 amide bonds. The monoisotopic (exact) mass is 703 g/mol. The van der Waals surface area contributed by atoms with E-state index in [1.165, 1.54) is 36.8 Å². The molecule has 4 aliphatic heterocycles. The van der Waals surface area contributed by atoms with Gasteiger partial charge in [0.1, 0.15) is 6.04 Å². The van der Waals surface area contributed by atoms with Crippen molar-refractivity contribution >= 4 is 40.5 Å². The number of methoxy groups -OCH3 is 1. The Kier molecular flexibility index (Phi) is 11.0. The van der Waals surface area contributed by atoms with Crippen molar-refractivity contribution in [3.8, 4) is 11.1 Å². The molecule has 0 radical (unpaired) electrons. The highest BCUT2D eigenvalue weighted by atomic mass is 16.5. The summed E-state index contributed by atoms with van der Waals surface area (Å²) in [6.45, 7) is 6.35. The van der Waals surface area contributed by atoms with Crippen LogP contribution in [0.15, 0.2) is 70.9 Å². The number of hydrogen-bond acceptors (Lipinski definition) is 6. The molecule has 5 aliphatic rings. The first-order valence-electron chi connectivity index (χ1n) is 19.5. The molecule has 0 spiro atoms. The van der Waals surface area contributed by atoms with E-state index in [0.717, 1.165) is 92.4 Å². The summed E-state index contributed by atoms with van der Waals surface area (Å²) < 4.78 is 4.77. The topological polar surface area (TPSA) is 104 Å². The molecule has 7 rings (SSSR count). The summed E-state index contributed by atoms with van der Waals surface area (Å²) in [5, 5.41) is 2.73. The van der Waals surface area contributed by atoms with E-state index in [1.807, 2.05) is 31.1 Å². The molecule has 4 heterocycles. The van der Waals surface area contributed by atoms with Crippen LogP contribution in [-0.4, -0.2) is 78.0 Å². The van der Waals surface area contributed by atoms with Crippen molar-refractivity contribution in [1.29, 1.82) is 0 Å². The van der Waals surface area contributed by atoms with Crippen LogP contribution in [0.25, 0.3) is 22.3 Å². The summed E-state index contributed by atoms with van der Waals surface area (Å²) in [5.41, 5.74) is 9.20. The number of hydrogen-bond donors (Lipinski definition) is 1. The highest BCUT2D eigenvalue weighted by molar-refractivity contribution is 6.04. The maximum atomic E-state index is 13.6. The first-order chi connectivity index (χ1) is 25.3. The summed E-state index contributed by atoms with van der Waals surface area (Å²) >= 11 is 0. The van der Waals surface area contributed by atoms with Gasteiger partial charge in [-0.3, -0.25) is 19.6 Å². The van der Waals surface area contributed by atoms with Crippen LogP contribution in [0.2, 0.25) is 0 Å². The predicted molar refractivity (Wildman–Crippen MR) is 207 cm³/mol. The van der Waals surface area contributed by atoms with E-state index in [-0.39, 0.29) is 29.7 Å². The number of alkyl carbamates (subject to hydrolysis) is 1.